The lowest BCUT2D eigenvalue weighted by atomic mass is 10.2. The Balaban J connectivity index is 1.99. The molecule has 1 aromatic carbocycles. The molecule has 0 bridgehead atoms. The van der Waals surface area contributed by atoms with Crippen LogP contribution in [-0.4, -0.2) is 31.7 Å². The Morgan fingerprint density at radius 1 is 1.20 bits per heavy atom. The fourth-order valence-corrected chi connectivity index (χ4v) is 2.22. The second-order valence-corrected chi connectivity index (χ2v) is 5.07. The number of hydrogen-bond acceptors (Lipinski definition) is 5. The monoisotopic (exact) mass is 342 g/mol. The van der Waals surface area contributed by atoms with Gasteiger partial charge in [-0.25, -0.2) is 4.98 Å². The SMILES string of the molecule is CCOc1cc(/C=C\C(=O)NCc2cccnc2OC)ccc1OC. The normalized spacial score (nSPS) is 10.5. The average Bonchev–Trinajstić information content (AvgIpc) is 2.65. The van der Waals surface area contributed by atoms with Crippen molar-refractivity contribution in [3.05, 3.63) is 53.7 Å². The molecule has 0 unspecified atom stereocenters. The van der Waals surface area contributed by atoms with Crippen molar-refractivity contribution in [2.75, 3.05) is 20.8 Å². The maximum atomic E-state index is 12.0. The summed E-state index contributed by atoms with van der Waals surface area (Å²) in [5.74, 6) is 1.60. The zero-order chi connectivity index (χ0) is 18.1. The van der Waals surface area contributed by atoms with Crippen LogP contribution >= 0.6 is 0 Å². The van der Waals surface area contributed by atoms with Crippen molar-refractivity contribution >= 4 is 12.0 Å². The van der Waals surface area contributed by atoms with Gasteiger partial charge >= 0.3 is 0 Å². The first-order valence-electron chi connectivity index (χ1n) is 7.92. The highest BCUT2D eigenvalue weighted by molar-refractivity contribution is 5.91. The molecule has 0 aliphatic carbocycles. The van der Waals surface area contributed by atoms with Crippen LogP contribution in [0.4, 0.5) is 0 Å². The number of ether oxygens (including phenoxy) is 3. The third-order valence-electron chi connectivity index (χ3n) is 3.41. The first-order chi connectivity index (χ1) is 12.2. The summed E-state index contributed by atoms with van der Waals surface area (Å²) in [6, 6.07) is 9.15. The molecule has 1 aromatic heterocycles. The molecule has 2 rings (SSSR count). The van der Waals surface area contributed by atoms with Crippen LogP contribution in [0.1, 0.15) is 18.1 Å². The fourth-order valence-electron chi connectivity index (χ4n) is 2.22. The molecular formula is C19H22N2O4. The van der Waals surface area contributed by atoms with E-state index in [1.807, 2.05) is 31.2 Å². The van der Waals surface area contributed by atoms with Crippen LogP contribution in [0.25, 0.3) is 6.08 Å². The van der Waals surface area contributed by atoms with Crippen molar-refractivity contribution in [3.63, 3.8) is 0 Å². The minimum atomic E-state index is -0.209. The minimum Gasteiger partial charge on any atom is -0.493 e. The zero-order valence-corrected chi connectivity index (χ0v) is 14.6. The highest BCUT2D eigenvalue weighted by atomic mass is 16.5. The Hall–Kier alpha value is -3.02. The van der Waals surface area contributed by atoms with E-state index in [1.165, 1.54) is 6.08 Å². The zero-order valence-electron chi connectivity index (χ0n) is 14.6. The highest BCUT2D eigenvalue weighted by Crippen LogP contribution is 2.28. The minimum absolute atomic E-state index is 0.209. The molecule has 0 aliphatic rings. The van der Waals surface area contributed by atoms with Crippen LogP contribution in [0.2, 0.25) is 0 Å². The van der Waals surface area contributed by atoms with E-state index in [2.05, 4.69) is 10.3 Å². The van der Waals surface area contributed by atoms with Gasteiger partial charge in [0.25, 0.3) is 0 Å². The smallest absolute Gasteiger partial charge is 0.244 e. The number of amides is 1. The van der Waals surface area contributed by atoms with E-state index in [9.17, 15) is 4.79 Å². The van der Waals surface area contributed by atoms with E-state index in [0.29, 0.717) is 30.5 Å². The van der Waals surface area contributed by atoms with Crippen molar-refractivity contribution in [2.45, 2.75) is 13.5 Å². The maximum absolute atomic E-state index is 12.0. The molecule has 2 aromatic rings. The molecule has 132 valence electrons. The molecule has 25 heavy (non-hydrogen) atoms. The Labute approximate surface area is 147 Å². The molecular weight excluding hydrogens is 320 g/mol. The third kappa shape index (κ3) is 5.24. The summed E-state index contributed by atoms with van der Waals surface area (Å²) in [5, 5.41) is 2.80. The van der Waals surface area contributed by atoms with Gasteiger partial charge in [0, 0.05) is 24.4 Å². The van der Waals surface area contributed by atoms with Gasteiger partial charge in [-0.3, -0.25) is 4.79 Å². The van der Waals surface area contributed by atoms with Crippen molar-refractivity contribution in [1.82, 2.24) is 10.3 Å². The number of carbonyl (C=O) groups excluding carboxylic acids is 1. The molecule has 6 nitrogen and oxygen atoms in total. The van der Waals surface area contributed by atoms with E-state index in [4.69, 9.17) is 14.2 Å². The van der Waals surface area contributed by atoms with E-state index in [-0.39, 0.29) is 5.91 Å². The summed E-state index contributed by atoms with van der Waals surface area (Å²) in [4.78, 5) is 16.1. The molecule has 0 saturated carbocycles. The number of nitrogens with one attached hydrogen (secondary N) is 1. The van der Waals surface area contributed by atoms with E-state index < -0.39 is 0 Å². The van der Waals surface area contributed by atoms with Crippen LogP contribution in [0.3, 0.4) is 0 Å². The molecule has 0 saturated heterocycles. The largest absolute Gasteiger partial charge is 0.493 e. The Bertz CT molecular complexity index is 744. The van der Waals surface area contributed by atoms with Gasteiger partial charge in [0.15, 0.2) is 11.5 Å². The lowest BCUT2D eigenvalue weighted by Gasteiger charge is -2.09. The number of methoxy groups -OCH3 is 2. The molecule has 6 heteroatoms. The molecule has 1 amide bonds. The van der Waals surface area contributed by atoms with Crippen molar-refractivity contribution in [2.24, 2.45) is 0 Å². The predicted molar refractivity (Wildman–Crippen MR) is 95.8 cm³/mol. The molecule has 1 N–H and O–H groups in total. The summed E-state index contributed by atoms with van der Waals surface area (Å²) in [6.45, 7) is 2.78. The topological polar surface area (TPSA) is 69.7 Å². The Morgan fingerprint density at radius 3 is 2.76 bits per heavy atom. The standard InChI is InChI=1S/C19H22N2O4/c1-4-25-17-12-14(7-9-16(17)23-2)8-10-18(22)21-13-15-6-5-11-20-19(15)24-3/h5-12H,4,13H2,1-3H3,(H,21,22)/b10-8-. The maximum Gasteiger partial charge on any atom is 0.244 e. The molecule has 0 atom stereocenters. The number of carbonyl (C=O) groups is 1. The summed E-state index contributed by atoms with van der Waals surface area (Å²) in [7, 11) is 3.14. The lowest BCUT2D eigenvalue weighted by molar-refractivity contribution is -0.116. The van der Waals surface area contributed by atoms with Gasteiger partial charge in [-0.05, 0) is 36.8 Å². The number of pyridine rings is 1. The molecule has 0 radical (unpaired) electrons. The number of hydrogen-bond donors (Lipinski definition) is 1. The average molecular weight is 342 g/mol. The van der Waals surface area contributed by atoms with Crippen LogP contribution < -0.4 is 19.5 Å². The predicted octanol–water partition coefficient (Wildman–Crippen LogP) is 2.83. The van der Waals surface area contributed by atoms with Crippen molar-refractivity contribution < 1.29 is 19.0 Å². The second-order valence-electron chi connectivity index (χ2n) is 5.07. The summed E-state index contributed by atoms with van der Waals surface area (Å²) >= 11 is 0. The van der Waals surface area contributed by atoms with Gasteiger partial charge in [0.05, 0.1) is 20.8 Å². The van der Waals surface area contributed by atoms with Gasteiger partial charge < -0.3 is 19.5 Å². The number of benzene rings is 1. The number of rotatable bonds is 8. The van der Waals surface area contributed by atoms with E-state index >= 15 is 0 Å². The van der Waals surface area contributed by atoms with Crippen LogP contribution in [0.15, 0.2) is 42.6 Å². The molecule has 1 heterocycles. The Morgan fingerprint density at radius 2 is 2.04 bits per heavy atom. The first kappa shape index (κ1) is 18.3. The van der Waals surface area contributed by atoms with Gasteiger partial charge in [0.2, 0.25) is 11.8 Å². The summed E-state index contributed by atoms with van der Waals surface area (Å²) < 4.78 is 15.9. The quantitative estimate of drug-likeness (QED) is 0.747. The summed E-state index contributed by atoms with van der Waals surface area (Å²) in [6.07, 6.45) is 4.84. The van der Waals surface area contributed by atoms with Crippen molar-refractivity contribution in [3.8, 4) is 17.4 Å². The Kier molecular flexibility index (Phi) is 6.83. The number of nitrogens with zero attached hydrogens (tertiary/aromatic N) is 1. The van der Waals surface area contributed by atoms with Gasteiger partial charge in [-0.15, -0.1) is 0 Å². The van der Waals surface area contributed by atoms with Gasteiger partial charge in [-0.2, -0.15) is 0 Å². The van der Waals surface area contributed by atoms with Gasteiger partial charge in [-0.1, -0.05) is 12.1 Å². The second kappa shape index (κ2) is 9.32. The summed E-state index contributed by atoms with van der Waals surface area (Å²) in [5.41, 5.74) is 1.66. The molecule has 0 fully saturated rings. The fraction of sp³-hybridized carbons (Fsp3) is 0.263. The lowest BCUT2D eigenvalue weighted by Crippen LogP contribution is -2.20. The van der Waals surface area contributed by atoms with E-state index in [0.717, 1.165) is 11.1 Å². The van der Waals surface area contributed by atoms with Crippen molar-refractivity contribution in [1.29, 1.82) is 0 Å². The van der Waals surface area contributed by atoms with Crippen LogP contribution in [0.5, 0.6) is 17.4 Å². The molecule has 0 aliphatic heterocycles. The molecule has 0 spiro atoms. The third-order valence-corrected chi connectivity index (χ3v) is 3.41. The van der Waals surface area contributed by atoms with Gasteiger partial charge in [0.1, 0.15) is 0 Å². The highest BCUT2D eigenvalue weighted by Gasteiger charge is 2.06. The first-order valence-corrected chi connectivity index (χ1v) is 7.92. The van der Waals surface area contributed by atoms with Crippen LogP contribution in [0, 0.1) is 0 Å². The van der Waals surface area contributed by atoms with E-state index in [1.54, 1.807) is 32.6 Å². The van der Waals surface area contributed by atoms with Crippen LogP contribution in [-0.2, 0) is 11.3 Å². The number of aromatic nitrogens is 1.